The van der Waals surface area contributed by atoms with E-state index in [1.165, 1.54) is 12.1 Å². The molecule has 0 saturated heterocycles. The molecule has 0 saturated carbocycles. The van der Waals surface area contributed by atoms with Crippen LogP contribution in [0.4, 0.5) is 26.3 Å². The summed E-state index contributed by atoms with van der Waals surface area (Å²) in [5, 5.41) is 0. The maximum Gasteiger partial charge on any atom is 0.416 e. The van der Waals surface area contributed by atoms with Crippen LogP contribution in [0.1, 0.15) is 31.8 Å². The molecule has 10 heteroatoms. The van der Waals surface area contributed by atoms with Crippen molar-refractivity contribution < 1.29 is 40.7 Å². The Bertz CT molecular complexity index is 868. The first kappa shape index (κ1) is 19.7. The molecule has 0 aliphatic carbocycles. The predicted molar refractivity (Wildman–Crippen MR) is 83.8 cm³/mol. The lowest BCUT2D eigenvalue weighted by Crippen LogP contribution is -2.33. The van der Waals surface area contributed by atoms with Crippen LogP contribution in [0.15, 0.2) is 42.5 Å². The number of hydrogen-bond acceptors (Lipinski definition) is 3. The van der Waals surface area contributed by atoms with E-state index in [1.807, 2.05) is 0 Å². The molecule has 2 aromatic rings. The molecular weight excluding hydrogens is 392 g/mol. The van der Waals surface area contributed by atoms with Gasteiger partial charge in [0.2, 0.25) is 0 Å². The van der Waals surface area contributed by atoms with Gasteiger partial charge in [0.05, 0.1) is 28.8 Å². The molecule has 3 rings (SSSR count). The van der Waals surface area contributed by atoms with Crippen LogP contribution in [-0.2, 0) is 12.4 Å². The van der Waals surface area contributed by atoms with Crippen LogP contribution >= 0.6 is 0 Å². The number of amides is 2. The van der Waals surface area contributed by atoms with Crippen molar-refractivity contribution in [2.45, 2.75) is 12.4 Å². The molecular formula is C18H11F6NO3. The van der Waals surface area contributed by atoms with Crippen molar-refractivity contribution in [2.24, 2.45) is 0 Å². The van der Waals surface area contributed by atoms with Gasteiger partial charge in [-0.1, -0.05) is 12.1 Å². The van der Waals surface area contributed by atoms with Gasteiger partial charge in [0, 0.05) is 0 Å². The number of alkyl halides is 6. The maximum atomic E-state index is 12.8. The van der Waals surface area contributed by atoms with Gasteiger partial charge < -0.3 is 4.74 Å². The number of carbonyl (C=O) groups is 2. The van der Waals surface area contributed by atoms with E-state index in [0.29, 0.717) is 12.1 Å². The van der Waals surface area contributed by atoms with E-state index < -0.39 is 47.7 Å². The molecule has 1 heterocycles. The second kappa shape index (κ2) is 6.84. The van der Waals surface area contributed by atoms with Gasteiger partial charge in [-0.15, -0.1) is 0 Å². The molecule has 1 aliphatic heterocycles. The van der Waals surface area contributed by atoms with E-state index >= 15 is 0 Å². The van der Waals surface area contributed by atoms with Gasteiger partial charge in [0.25, 0.3) is 11.8 Å². The summed E-state index contributed by atoms with van der Waals surface area (Å²) in [6.07, 6.45) is -10.00. The highest BCUT2D eigenvalue weighted by molar-refractivity contribution is 6.21. The Morgan fingerprint density at radius 3 is 1.68 bits per heavy atom. The van der Waals surface area contributed by atoms with Crippen molar-refractivity contribution in [1.29, 1.82) is 0 Å². The first-order chi connectivity index (χ1) is 13.0. The molecule has 2 aromatic carbocycles. The average molecular weight is 403 g/mol. The van der Waals surface area contributed by atoms with E-state index in [1.54, 1.807) is 12.1 Å². The Morgan fingerprint density at radius 1 is 0.786 bits per heavy atom. The second-order valence-electron chi connectivity index (χ2n) is 5.90. The fourth-order valence-corrected chi connectivity index (χ4v) is 2.71. The fraction of sp³-hybridized carbons (Fsp3) is 0.222. The zero-order valence-electron chi connectivity index (χ0n) is 13.9. The largest absolute Gasteiger partial charge is 0.492 e. The lowest BCUT2D eigenvalue weighted by molar-refractivity contribution is -0.143. The van der Waals surface area contributed by atoms with Crippen LogP contribution < -0.4 is 4.74 Å². The molecule has 0 bridgehead atoms. The molecule has 0 atom stereocenters. The van der Waals surface area contributed by atoms with Gasteiger partial charge in [-0.25, -0.2) is 0 Å². The van der Waals surface area contributed by atoms with Crippen LogP contribution in [0.3, 0.4) is 0 Å². The minimum atomic E-state index is -5.00. The summed E-state index contributed by atoms with van der Waals surface area (Å²) in [4.78, 5) is 25.2. The molecule has 0 radical (unpaired) electrons. The maximum absolute atomic E-state index is 12.8. The van der Waals surface area contributed by atoms with Gasteiger partial charge >= 0.3 is 12.4 Å². The van der Waals surface area contributed by atoms with E-state index in [9.17, 15) is 35.9 Å². The zero-order chi connectivity index (χ0) is 20.7. The predicted octanol–water partition coefficient (Wildman–Crippen LogP) is 4.40. The third kappa shape index (κ3) is 3.80. The van der Waals surface area contributed by atoms with Crippen molar-refractivity contribution in [3.05, 3.63) is 64.7 Å². The van der Waals surface area contributed by atoms with Crippen LogP contribution in [0.5, 0.6) is 5.75 Å². The zero-order valence-corrected chi connectivity index (χ0v) is 13.9. The second-order valence-corrected chi connectivity index (χ2v) is 5.90. The Morgan fingerprint density at radius 2 is 1.25 bits per heavy atom. The van der Waals surface area contributed by atoms with Crippen LogP contribution in [-0.4, -0.2) is 29.9 Å². The smallest absolute Gasteiger partial charge is 0.416 e. The number of benzene rings is 2. The summed E-state index contributed by atoms with van der Waals surface area (Å²) in [5.41, 5.74) is -2.69. The highest BCUT2D eigenvalue weighted by Crippen LogP contribution is 2.38. The Hall–Kier alpha value is -3.04. The summed E-state index contributed by atoms with van der Waals surface area (Å²) in [6, 6.07) is 6.85. The van der Waals surface area contributed by atoms with Crippen molar-refractivity contribution in [3.8, 4) is 5.75 Å². The van der Waals surface area contributed by atoms with Crippen LogP contribution in [0.2, 0.25) is 0 Å². The topological polar surface area (TPSA) is 46.6 Å². The van der Waals surface area contributed by atoms with Crippen molar-refractivity contribution in [3.63, 3.8) is 0 Å². The molecule has 148 valence electrons. The number of nitrogens with zero attached hydrogens (tertiary/aromatic N) is 1. The first-order valence-electron chi connectivity index (χ1n) is 7.86. The third-order valence-corrected chi connectivity index (χ3v) is 4.02. The van der Waals surface area contributed by atoms with Gasteiger partial charge in [0.1, 0.15) is 12.4 Å². The number of halogens is 6. The van der Waals surface area contributed by atoms with E-state index in [-0.39, 0.29) is 23.7 Å². The Labute approximate surface area is 154 Å². The summed E-state index contributed by atoms with van der Waals surface area (Å²) in [5.74, 6) is -1.88. The molecule has 1 aliphatic rings. The lowest BCUT2D eigenvalue weighted by atomic mass is 10.1. The highest BCUT2D eigenvalue weighted by atomic mass is 19.4. The van der Waals surface area contributed by atoms with Gasteiger partial charge in [-0.2, -0.15) is 26.3 Å². The van der Waals surface area contributed by atoms with E-state index in [0.717, 1.165) is 4.90 Å². The van der Waals surface area contributed by atoms with Gasteiger partial charge in [-0.05, 0) is 30.3 Å². The number of imide groups is 1. The SMILES string of the molecule is O=C1c2ccccc2C(=O)N1CCOc1cc(C(F)(F)F)cc(C(F)(F)F)c1. The Balaban J connectivity index is 1.75. The number of hydrogen-bond donors (Lipinski definition) is 0. The van der Waals surface area contributed by atoms with Crippen LogP contribution in [0, 0.1) is 0 Å². The molecule has 4 nitrogen and oxygen atoms in total. The fourth-order valence-electron chi connectivity index (χ4n) is 2.71. The summed E-state index contributed by atoms with van der Waals surface area (Å²) in [6.45, 7) is -0.798. The molecule has 28 heavy (non-hydrogen) atoms. The third-order valence-electron chi connectivity index (χ3n) is 4.02. The van der Waals surface area contributed by atoms with E-state index in [4.69, 9.17) is 4.74 Å². The van der Waals surface area contributed by atoms with Crippen LogP contribution in [0.25, 0.3) is 0 Å². The lowest BCUT2D eigenvalue weighted by Gasteiger charge is -2.17. The minimum Gasteiger partial charge on any atom is -0.492 e. The van der Waals surface area contributed by atoms with E-state index in [2.05, 4.69) is 0 Å². The van der Waals surface area contributed by atoms with Crippen molar-refractivity contribution >= 4 is 11.8 Å². The molecule has 0 N–H and O–H groups in total. The molecule has 0 fully saturated rings. The first-order valence-corrected chi connectivity index (χ1v) is 7.86. The molecule has 0 aromatic heterocycles. The summed E-state index contributed by atoms with van der Waals surface area (Å²) >= 11 is 0. The minimum absolute atomic E-state index is 0.0168. The quantitative estimate of drug-likeness (QED) is 0.562. The normalized spacial score (nSPS) is 14.4. The molecule has 2 amide bonds. The number of rotatable bonds is 4. The highest BCUT2D eigenvalue weighted by Gasteiger charge is 2.38. The monoisotopic (exact) mass is 403 g/mol. The number of fused-ring (bicyclic) bond motifs is 1. The van der Waals surface area contributed by atoms with Gasteiger partial charge in [0.15, 0.2) is 0 Å². The molecule has 0 unspecified atom stereocenters. The standard InChI is InChI=1S/C18H11F6NO3/c19-17(20,21)10-7-11(18(22,23)24)9-12(8-10)28-6-5-25-15(26)13-3-1-2-4-14(13)16(25)27/h1-4,7-9H,5-6H2. The molecule has 0 spiro atoms. The van der Waals surface area contributed by atoms with Gasteiger partial charge in [-0.3, -0.25) is 14.5 Å². The van der Waals surface area contributed by atoms with Crippen molar-refractivity contribution in [1.82, 2.24) is 4.90 Å². The average Bonchev–Trinajstić information content (AvgIpc) is 2.85. The van der Waals surface area contributed by atoms with Crippen molar-refractivity contribution in [2.75, 3.05) is 13.2 Å². The Kier molecular flexibility index (Phi) is 4.82. The summed E-state index contributed by atoms with van der Waals surface area (Å²) < 4.78 is 82.0. The summed E-state index contributed by atoms with van der Waals surface area (Å²) in [7, 11) is 0. The number of ether oxygens (including phenoxy) is 1. The number of carbonyl (C=O) groups excluding carboxylic acids is 2.